The normalized spacial score (nSPS) is 13.4. The molecule has 0 bridgehead atoms. The minimum Gasteiger partial charge on any atom is -0.468 e. The fraction of sp³-hybridized carbons (Fsp3) is 0.750. The number of nitro groups is 1. The summed E-state index contributed by atoms with van der Waals surface area (Å²) in [6, 6.07) is -1.06. The van der Waals surface area contributed by atoms with Gasteiger partial charge in [0.15, 0.2) is 5.92 Å². The molecule has 0 rings (SSSR count). The van der Waals surface area contributed by atoms with Crippen LogP contribution in [0.3, 0.4) is 0 Å². The number of hydrogen-bond donors (Lipinski definition) is 0. The van der Waals surface area contributed by atoms with E-state index in [0.29, 0.717) is 0 Å². The first-order valence-electron chi connectivity index (χ1n) is 6.11. The topological polar surface area (TPSA) is 113 Å². The molecule has 0 radical (unpaired) electrons. The Kier molecular flexibility index (Phi) is 7.42. The van der Waals surface area contributed by atoms with Crippen molar-refractivity contribution in [1.82, 2.24) is 0 Å². The summed E-state index contributed by atoms with van der Waals surface area (Å²) in [4.78, 5) is 45.4. The fourth-order valence-corrected chi connectivity index (χ4v) is 1.85. The molecule has 2 atom stereocenters. The molecule has 0 heterocycles. The van der Waals surface area contributed by atoms with E-state index in [0.717, 1.165) is 14.2 Å². The average molecular weight is 289 g/mol. The van der Waals surface area contributed by atoms with E-state index in [-0.39, 0.29) is 12.8 Å². The van der Waals surface area contributed by atoms with E-state index >= 15 is 0 Å². The van der Waals surface area contributed by atoms with E-state index in [4.69, 9.17) is 0 Å². The number of ether oxygens (including phenoxy) is 2. The predicted molar refractivity (Wildman–Crippen MR) is 67.4 cm³/mol. The Labute approximate surface area is 116 Å². The number of esters is 2. The Morgan fingerprint density at radius 2 is 1.60 bits per heavy atom. The maximum Gasteiger partial charge on any atom is 0.320 e. The van der Waals surface area contributed by atoms with E-state index in [1.807, 2.05) is 0 Å². The predicted octanol–water partition coefficient (Wildman–Crippen LogP) is 0.599. The van der Waals surface area contributed by atoms with Crippen LogP contribution < -0.4 is 0 Å². The van der Waals surface area contributed by atoms with E-state index in [2.05, 4.69) is 9.47 Å². The number of carbonyl (C=O) groups excluding carboxylic acids is 3. The molecule has 20 heavy (non-hydrogen) atoms. The first kappa shape index (κ1) is 18.0. The van der Waals surface area contributed by atoms with Crippen molar-refractivity contribution in [2.75, 3.05) is 14.2 Å². The van der Waals surface area contributed by atoms with Crippen LogP contribution in [-0.4, -0.2) is 42.9 Å². The van der Waals surface area contributed by atoms with Crippen LogP contribution >= 0.6 is 0 Å². The Morgan fingerprint density at radius 3 is 1.90 bits per heavy atom. The van der Waals surface area contributed by atoms with Crippen LogP contribution in [-0.2, 0) is 23.9 Å². The van der Waals surface area contributed by atoms with Crippen molar-refractivity contribution in [3.05, 3.63) is 10.1 Å². The van der Waals surface area contributed by atoms with Crippen LogP contribution in [0, 0.1) is 22.0 Å². The Morgan fingerprint density at radius 1 is 1.15 bits per heavy atom. The molecule has 0 aromatic rings. The first-order valence-corrected chi connectivity index (χ1v) is 6.11. The van der Waals surface area contributed by atoms with Crippen LogP contribution in [0.2, 0.25) is 0 Å². The highest BCUT2D eigenvalue weighted by Gasteiger charge is 2.42. The molecule has 0 saturated carbocycles. The number of carbonyl (C=O) groups is 3. The van der Waals surface area contributed by atoms with Crippen molar-refractivity contribution in [3.8, 4) is 0 Å². The maximum absolute atomic E-state index is 11.9. The SMILES string of the molecule is CCC(=O)C(CC(C)[N+](=O)[O-])C(C(=O)OC)C(=O)OC. The van der Waals surface area contributed by atoms with Gasteiger partial charge >= 0.3 is 11.9 Å². The van der Waals surface area contributed by atoms with Crippen molar-refractivity contribution in [1.29, 1.82) is 0 Å². The van der Waals surface area contributed by atoms with Gasteiger partial charge in [-0.2, -0.15) is 0 Å². The van der Waals surface area contributed by atoms with E-state index in [9.17, 15) is 24.5 Å². The highest BCUT2D eigenvalue weighted by molar-refractivity contribution is 6.00. The zero-order valence-corrected chi connectivity index (χ0v) is 12.0. The monoisotopic (exact) mass is 289 g/mol. The molecule has 2 unspecified atom stereocenters. The molecule has 0 fully saturated rings. The lowest BCUT2D eigenvalue weighted by Gasteiger charge is -2.22. The minimum atomic E-state index is -1.47. The second-order valence-corrected chi connectivity index (χ2v) is 4.32. The molecule has 0 aliphatic rings. The first-order chi connectivity index (χ1) is 9.29. The molecule has 0 spiro atoms. The molecule has 0 saturated heterocycles. The lowest BCUT2D eigenvalue weighted by molar-refractivity contribution is -0.520. The molecule has 0 aromatic carbocycles. The molecule has 8 heteroatoms. The van der Waals surface area contributed by atoms with Gasteiger partial charge in [0.2, 0.25) is 6.04 Å². The van der Waals surface area contributed by atoms with Crippen LogP contribution in [0.5, 0.6) is 0 Å². The van der Waals surface area contributed by atoms with E-state index in [1.165, 1.54) is 6.92 Å². The van der Waals surface area contributed by atoms with Crippen molar-refractivity contribution >= 4 is 17.7 Å². The van der Waals surface area contributed by atoms with Gasteiger partial charge in [-0.25, -0.2) is 0 Å². The third-order valence-electron chi connectivity index (χ3n) is 3.03. The van der Waals surface area contributed by atoms with Crippen LogP contribution in [0.15, 0.2) is 0 Å². The summed E-state index contributed by atoms with van der Waals surface area (Å²) in [5.41, 5.74) is 0. The van der Waals surface area contributed by atoms with Gasteiger partial charge in [-0.1, -0.05) is 6.92 Å². The lowest BCUT2D eigenvalue weighted by atomic mass is 9.83. The van der Waals surface area contributed by atoms with Crippen molar-refractivity contribution < 1.29 is 28.8 Å². The standard InChI is InChI=1S/C12H19NO7/c1-5-9(14)8(6-7(2)13(17)18)10(11(15)19-3)12(16)20-4/h7-8,10H,5-6H2,1-4H3. The van der Waals surface area contributed by atoms with Crippen LogP contribution in [0.4, 0.5) is 0 Å². The minimum absolute atomic E-state index is 0.0551. The Hall–Kier alpha value is -1.99. The highest BCUT2D eigenvalue weighted by Crippen LogP contribution is 2.24. The molecule has 0 N–H and O–H groups in total. The van der Waals surface area contributed by atoms with Gasteiger partial charge in [-0.15, -0.1) is 0 Å². The van der Waals surface area contributed by atoms with Gasteiger partial charge < -0.3 is 9.47 Å². The van der Waals surface area contributed by atoms with Gasteiger partial charge in [0.25, 0.3) is 0 Å². The average Bonchev–Trinajstić information content (AvgIpc) is 2.44. The highest BCUT2D eigenvalue weighted by atomic mass is 16.6. The van der Waals surface area contributed by atoms with Gasteiger partial charge in [0.05, 0.1) is 14.2 Å². The second kappa shape index (κ2) is 8.23. The van der Waals surface area contributed by atoms with Gasteiger partial charge in [-0.3, -0.25) is 24.5 Å². The second-order valence-electron chi connectivity index (χ2n) is 4.32. The maximum atomic E-state index is 11.9. The lowest BCUT2D eigenvalue weighted by Crippen LogP contribution is -2.39. The molecular weight excluding hydrogens is 270 g/mol. The van der Waals surface area contributed by atoms with Crippen LogP contribution in [0.1, 0.15) is 26.7 Å². The van der Waals surface area contributed by atoms with Crippen molar-refractivity contribution in [2.45, 2.75) is 32.7 Å². The van der Waals surface area contributed by atoms with E-state index < -0.39 is 40.5 Å². The quantitative estimate of drug-likeness (QED) is 0.278. The summed E-state index contributed by atoms with van der Waals surface area (Å²) < 4.78 is 8.98. The Bertz CT molecular complexity index is 377. The molecule has 114 valence electrons. The number of Topliss-reactive ketones (excluding diaryl/α,β-unsaturated/α-hetero) is 1. The number of nitrogens with zero attached hydrogens (tertiary/aromatic N) is 1. The van der Waals surface area contributed by atoms with Crippen LogP contribution in [0.25, 0.3) is 0 Å². The number of rotatable bonds is 8. The number of methoxy groups -OCH3 is 2. The molecule has 0 amide bonds. The molecule has 0 aromatic heterocycles. The molecule has 0 aliphatic carbocycles. The van der Waals surface area contributed by atoms with Gasteiger partial charge in [0.1, 0.15) is 5.78 Å². The summed E-state index contributed by atoms with van der Waals surface area (Å²) >= 11 is 0. The molecular formula is C12H19NO7. The zero-order chi connectivity index (χ0) is 15.9. The van der Waals surface area contributed by atoms with Gasteiger partial charge in [-0.05, 0) is 0 Å². The van der Waals surface area contributed by atoms with Gasteiger partial charge in [0, 0.05) is 30.6 Å². The third-order valence-corrected chi connectivity index (χ3v) is 3.03. The smallest absolute Gasteiger partial charge is 0.320 e. The third kappa shape index (κ3) is 4.60. The van der Waals surface area contributed by atoms with E-state index in [1.54, 1.807) is 6.92 Å². The molecule has 8 nitrogen and oxygen atoms in total. The molecule has 0 aliphatic heterocycles. The van der Waals surface area contributed by atoms with Crippen molar-refractivity contribution in [2.24, 2.45) is 11.8 Å². The fourth-order valence-electron chi connectivity index (χ4n) is 1.85. The summed E-state index contributed by atoms with van der Waals surface area (Å²) in [7, 11) is 2.14. The number of ketones is 1. The summed E-state index contributed by atoms with van der Waals surface area (Å²) in [5, 5.41) is 10.7. The number of hydrogen-bond acceptors (Lipinski definition) is 7. The Balaban J connectivity index is 5.42. The zero-order valence-electron chi connectivity index (χ0n) is 12.0. The summed E-state index contributed by atoms with van der Waals surface area (Å²) in [6.45, 7) is 2.86. The largest absolute Gasteiger partial charge is 0.468 e. The summed E-state index contributed by atoms with van der Waals surface area (Å²) in [6.07, 6.45) is -0.172. The van der Waals surface area contributed by atoms with Crippen molar-refractivity contribution in [3.63, 3.8) is 0 Å². The summed E-state index contributed by atoms with van der Waals surface area (Å²) in [5.74, 6) is -4.88.